The Kier molecular flexibility index (Phi) is 4.45. The van der Waals surface area contributed by atoms with Crippen LogP contribution in [0.4, 0.5) is 4.39 Å². The molecule has 0 unspecified atom stereocenters. The van der Waals surface area contributed by atoms with Crippen LogP contribution in [0.5, 0.6) is 11.5 Å². The van der Waals surface area contributed by atoms with Crippen molar-refractivity contribution in [3.63, 3.8) is 0 Å². The summed E-state index contributed by atoms with van der Waals surface area (Å²) >= 11 is 0. The molecule has 4 nitrogen and oxygen atoms in total. The van der Waals surface area contributed by atoms with E-state index in [9.17, 15) is 9.50 Å². The highest BCUT2D eigenvalue weighted by atomic mass is 19.1. The summed E-state index contributed by atoms with van der Waals surface area (Å²) in [7, 11) is 0. The molecule has 0 atom stereocenters. The molecule has 1 saturated heterocycles. The lowest BCUT2D eigenvalue weighted by Crippen LogP contribution is -2.40. The Labute approximate surface area is 133 Å². The predicted molar refractivity (Wildman–Crippen MR) is 82.6 cm³/mol. The van der Waals surface area contributed by atoms with Gasteiger partial charge in [0.15, 0.2) is 5.60 Å². The van der Waals surface area contributed by atoms with Crippen molar-refractivity contribution in [2.75, 3.05) is 13.2 Å². The molecule has 0 bridgehead atoms. The third-order valence-electron chi connectivity index (χ3n) is 3.59. The van der Waals surface area contributed by atoms with E-state index < -0.39 is 5.60 Å². The zero-order valence-electron chi connectivity index (χ0n) is 12.5. The average molecular weight is 313 g/mol. The first-order valence-corrected chi connectivity index (χ1v) is 7.35. The fraction of sp³-hybridized carbons (Fsp3) is 0.278. The van der Waals surface area contributed by atoms with E-state index in [0.717, 1.165) is 0 Å². The number of benzene rings is 1. The largest absolute Gasteiger partial charge is 0.506 e. The van der Waals surface area contributed by atoms with Gasteiger partial charge in [-0.25, -0.2) is 4.39 Å². The predicted octanol–water partition coefficient (Wildman–Crippen LogP) is 2.91. The van der Waals surface area contributed by atoms with Gasteiger partial charge >= 0.3 is 0 Å². The third kappa shape index (κ3) is 3.99. The summed E-state index contributed by atoms with van der Waals surface area (Å²) in [6.45, 7) is 1.10. The Hall–Kier alpha value is -2.58. The van der Waals surface area contributed by atoms with E-state index >= 15 is 0 Å². The van der Waals surface area contributed by atoms with Crippen molar-refractivity contribution >= 4 is 0 Å². The van der Waals surface area contributed by atoms with Crippen molar-refractivity contribution in [3.05, 3.63) is 54.1 Å². The Bertz CT molecular complexity index is 728. The van der Waals surface area contributed by atoms with Gasteiger partial charge in [-0.15, -0.1) is 0 Å². The van der Waals surface area contributed by atoms with Gasteiger partial charge in [0.25, 0.3) is 0 Å². The van der Waals surface area contributed by atoms with Crippen LogP contribution in [0, 0.1) is 17.7 Å². The van der Waals surface area contributed by atoms with Gasteiger partial charge in [0.2, 0.25) is 0 Å². The standard InChI is InChI=1S/C18H16FNO3/c19-15-1-3-17(4-2-15)23-18(7-9-22-10-8-18)6-5-14-11-16(21)13-20-12-14/h1-4,11-13,21H,7-10H2. The Morgan fingerprint density at radius 1 is 1.17 bits per heavy atom. The normalized spacial score (nSPS) is 16.2. The maximum Gasteiger partial charge on any atom is 0.173 e. The molecular weight excluding hydrogens is 297 g/mol. The molecule has 0 saturated carbocycles. The van der Waals surface area contributed by atoms with E-state index in [1.54, 1.807) is 24.4 Å². The molecule has 2 aromatic rings. The van der Waals surface area contributed by atoms with E-state index in [2.05, 4.69) is 16.8 Å². The lowest BCUT2D eigenvalue weighted by Gasteiger charge is -2.33. The molecule has 1 aromatic carbocycles. The molecule has 118 valence electrons. The van der Waals surface area contributed by atoms with Crippen LogP contribution in [0.2, 0.25) is 0 Å². The molecule has 2 heterocycles. The van der Waals surface area contributed by atoms with Gasteiger partial charge in [-0.1, -0.05) is 5.92 Å². The minimum absolute atomic E-state index is 0.0669. The number of rotatable bonds is 2. The molecule has 0 amide bonds. The fourth-order valence-corrected chi connectivity index (χ4v) is 2.36. The van der Waals surface area contributed by atoms with Gasteiger partial charge in [-0.05, 0) is 36.3 Å². The molecule has 1 aromatic heterocycles. The number of ether oxygens (including phenoxy) is 2. The number of halogens is 1. The maximum atomic E-state index is 13.0. The average Bonchev–Trinajstić information content (AvgIpc) is 2.56. The van der Waals surface area contributed by atoms with Crippen LogP contribution in [0.25, 0.3) is 0 Å². The smallest absolute Gasteiger partial charge is 0.173 e. The SMILES string of the molecule is Oc1cncc(C#CC2(Oc3ccc(F)cc3)CCOCC2)c1. The van der Waals surface area contributed by atoms with Crippen molar-refractivity contribution in [1.29, 1.82) is 0 Å². The summed E-state index contributed by atoms with van der Waals surface area (Å²) in [5.74, 6) is 6.47. The number of hydrogen-bond acceptors (Lipinski definition) is 4. The van der Waals surface area contributed by atoms with E-state index in [4.69, 9.17) is 9.47 Å². The van der Waals surface area contributed by atoms with E-state index in [1.807, 2.05) is 0 Å². The number of pyridine rings is 1. The topological polar surface area (TPSA) is 51.6 Å². The molecule has 1 N–H and O–H groups in total. The number of aromatic nitrogens is 1. The first kappa shape index (κ1) is 15.3. The molecular formula is C18H16FNO3. The minimum Gasteiger partial charge on any atom is -0.506 e. The van der Waals surface area contributed by atoms with Crippen molar-refractivity contribution in [2.45, 2.75) is 18.4 Å². The quantitative estimate of drug-likeness (QED) is 0.866. The van der Waals surface area contributed by atoms with Crippen LogP contribution in [-0.2, 0) is 4.74 Å². The monoisotopic (exact) mass is 313 g/mol. The van der Waals surface area contributed by atoms with E-state index in [1.165, 1.54) is 18.3 Å². The van der Waals surface area contributed by atoms with Gasteiger partial charge in [-0.3, -0.25) is 4.98 Å². The summed E-state index contributed by atoms with van der Waals surface area (Å²) in [4.78, 5) is 3.90. The molecule has 23 heavy (non-hydrogen) atoms. The molecule has 1 aliphatic rings. The third-order valence-corrected chi connectivity index (χ3v) is 3.59. The summed E-state index contributed by atoms with van der Waals surface area (Å²) in [6.07, 6.45) is 4.16. The van der Waals surface area contributed by atoms with Crippen LogP contribution in [0.1, 0.15) is 18.4 Å². The van der Waals surface area contributed by atoms with Crippen molar-refractivity contribution in [3.8, 4) is 23.3 Å². The molecule has 0 aliphatic carbocycles. The fourth-order valence-electron chi connectivity index (χ4n) is 2.36. The first-order valence-electron chi connectivity index (χ1n) is 7.35. The zero-order valence-corrected chi connectivity index (χ0v) is 12.5. The maximum absolute atomic E-state index is 13.0. The van der Waals surface area contributed by atoms with Crippen LogP contribution in [0.15, 0.2) is 42.7 Å². The van der Waals surface area contributed by atoms with Gasteiger partial charge in [-0.2, -0.15) is 0 Å². The molecule has 0 radical (unpaired) electrons. The minimum atomic E-state index is -0.693. The highest BCUT2D eigenvalue weighted by Gasteiger charge is 2.33. The van der Waals surface area contributed by atoms with Gasteiger partial charge in [0, 0.05) is 24.6 Å². The zero-order chi connectivity index (χ0) is 16.1. The second-order valence-corrected chi connectivity index (χ2v) is 5.34. The van der Waals surface area contributed by atoms with Gasteiger partial charge in [0.1, 0.15) is 17.3 Å². The molecule has 1 fully saturated rings. The van der Waals surface area contributed by atoms with E-state index in [0.29, 0.717) is 37.4 Å². The first-order chi connectivity index (χ1) is 11.2. The summed E-state index contributed by atoms with van der Waals surface area (Å²) in [5.41, 5.74) is -0.0831. The molecule has 3 rings (SSSR count). The highest BCUT2D eigenvalue weighted by molar-refractivity contribution is 5.39. The Morgan fingerprint density at radius 2 is 1.91 bits per heavy atom. The van der Waals surface area contributed by atoms with Crippen LogP contribution >= 0.6 is 0 Å². The van der Waals surface area contributed by atoms with Crippen molar-refractivity contribution in [2.24, 2.45) is 0 Å². The van der Waals surface area contributed by atoms with Crippen molar-refractivity contribution in [1.82, 2.24) is 4.98 Å². The number of aromatic hydroxyl groups is 1. The second kappa shape index (κ2) is 6.67. The number of nitrogens with zero attached hydrogens (tertiary/aromatic N) is 1. The van der Waals surface area contributed by atoms with Crippen molar-refractivity contribution < 1.29 is 19.0 Å². The molecule has 1 aliphatic heterocycles. The molecule has 0 spiro atoms. The van der Waals surface area contributed by atoms with Gasteiger partial charge < -0.3 is 14.6 Å². The summed E-state index contributed by atoms with van der Waals surface area (Å²) < 4.78 is 24.5. The summed E-state index contributed by atoms with van der Waals surface area (Å²) in [5, 5.41) is 9.46. The van der Waals surface area contributed by atoms with Gasteiger partial charge in [0.05, 0.1) is 19.4 Å². The van der Waals surface area contributed by atoms with E-state index in [-0.39, 0.29) is 11.6 Å². The number of hydrogen-bond donors (Lipinski definition) is 1. The summed E-state index contributed by atoms with van der Waals surface area (Å²) in [6, 6.07) is 7.43. The van der Waals surface area contributed by atoms with Crippen LogP contribution in [0.3, 0.4) is 0 Å². The second-order valence-electron chi connectivity index (χ2n) is 5.34. The van der Waals surface area contributed by atoms with Crippen LogP contribution in [-0.4, -0.2) is 28.9 Å². The lowest BCUT2D eigenvalue weighted by atomic mass is 9.94. The Morgan fingerprint density at radius 3 is 2.61 bits per heavy atom. The Balaban J connectivity index is 1.86. The van der Waals surface area contributed by atoms with Crippen LogP contribution < -0.4 is 4.74 Å². The highest BCUT2D eigenvalue weighted by Crippen LogP contribution is 2.28. The lowest BCUT2D eigenvalue weighted by molar-refractivity contribution is -0.0112. The molecule has 5 heteroatoms.